The highest BCUT2D eigenvalue weighted by molar-refractivity contribution is 7.94. The fraction of sp³-hybridized carbons (Fsp3) is 0.143. The van der Waals surface area contributed by atoms with Gasteiger partial charge in [-0.05, 0) is 48.9 Å². The molecule has 0 spiro atoms. The standard InChI is InChI=1S/C21H17F4NO7S3/c1-13(26-36(32,33)21(23,24)25)14-9-11-15(12-10-14)34(28,29)19-8-4-6-17(27)20(19)35(30,31)18-7-3-2-5-16(18)22/h2-13,26-27H,1H3/t13-/m0/s1. The molecule has 0 aliphatic rings. The van der Waals surface area contributed by atoms with E-state index in [4.69, 9.17) is 0 Å². The van der Waals surface area contributed by atoms with Crippen molar-refractivity contribution in [2.45, 2.75) is 38.1 Å². The zero-order valence-electron chi connectivity index (χ0n) is 18.1. The van der Waals surface area contributed by atoms with Crippen molar-refractivity contribution >= 4 is 29.7 Å². The maximum Gasteiger partial charge on any atom is 0.511 e. The second-order valence-corrected chi connectivity index (χ2v) is 12.9. The molecule has 3 aromatic rings. The highest BCUT2D eigenvalue weighted by Gasteiger charge is 2.46. The lowest BCUT2D eigenvalue weighted by molar-refractivity contribution is -0.0450. The highest BCUT2D eigenvalue weighted by Crippen LogP contribution is 2.37. The minimum atomic E-state index is -5.68. The number of aromatic hydroxyl groups is 1. The minimum absolute atomic E-state index is 0.0307. The molecule has 0 aliphatic heterocycles. The Morgan fingerprint density at radius 1 is 0.778 bits per heavy atom. The first kappa shape index (κ1) is 27.6. The van der Waals surface area contributed by atoms with E-state index in [2.05, 4.69) is 0 Å². The van der Waals surface area contributed by atoms with Crippen molar-refractivity contribution < 1.29 is 47.9 Å². The molecule has 0 saturated carbocycles. The fourth-order valence-corrected chi connectivity index (χ4v) is 7.42. The maximum absolute atomic E-state index is 14.2. The van der Waals surface area contributed by atoms with Gasteiger partial charge in [-0.3, -0.25) is 0 Å². The number of hydrogen-bond acceptors (Lipinski definition) is 7. The van der Waals surface area contributed by atoms with Crippen LogP contribution < -0.4 is 4.72 Å². The number of hydrogen-bond donors (Lipinski definition) is 2. The summed E-state index contributed by atoms with van der Waals surface area (Å²) in [5, 5.41) is 10.3. The SMILES string of the molecule is C[C@H](NS(=O)(=O)C(F)(F)F)c1ccc(S(=O)(=O)c2cccc(O)c2S(=O)(=O)c2ccccc2F)cc1. The number of nitrogens with one attached hydrogen (secondary N) is 1. The first-order valence-corrected chi connectivity index (χ1v) is 14.2. The van der Waals surface area contributed by atoms with Crippen molar-refractivity contribution in [3.05, 3.63) is 78.1 Å². The molecule has 0 unspecified atom stereocenters. The van der Waals surface area contributed by atoms with Crippen LogP contribution in [0.15, 0.2) is 86.3 Å². The highest BCUT2D eigenvalue weighted by atomic mass is 32.2. The molecule has 0 aromatic heterocycles. The summed E-state index contributed by atoms with van der Waals surface area (Å²) < 4.78 is 129. The molecule has 0 amide bonds. The molecule has 8 nitrogen and oxygen atoms in total. The number of benzene rings is 3. The Morgan fingerprint density at radius 3 is 1.89 bits per heavy atom. The van der Waals surface area contributed by atoms with Crippen LogP contribution in [0.25, 0.3) is 0 Å². The molecule has 2 N–H and O–H groups in total. The molecule has 0 radical (unpaired) electrons. The molecule has 1 atom stereocenters. The topological polar surface area (TPSA) is 135 Å². The Kier molecular flexibility index (Phi) is 7.25. The molecule has 194 valence electrons. The van der Waals surface area contributed by atoms with Gasteiger partial charge in [-0.25, -0.2) is 34.4 Å². The van der Waals surface area contributed by atoms with Gasteiger partial charge in [0.15, 0.2) is 0 Å². The van der Waals surface area contributed by atoms with Crippen LogP contribution in [0.1, 0.15) is 18.5 Å². The summed E-state index contributed by atoms with van der Waals surface area (Å²) in [6, 6.07) is 9.52. The van der Waals surface area contributed by atoms with E-state index in [1.807, 2.05) is 0 Å². The van der Waals surface area contributed by atoms with Gasteiger partial charge in [0, 0.05) is 6.04 Å². The molecule has 15 heteroatoms. The predicted molar refractivity (Wildman–Crippen MR) is 118 cm³/mol. The van der Waals surface area contributed by atoms with E-state index in [1.54, 1.807) is 0 Å². The predicted octanol–water partition coefficient (Wildman–Crippen LogP) is 3.70. The monoisotopic (exact) mass is 567 g/mol. The lowest BCUT2D eigenvalue weighted by Gasteiger charge is -2.17. The first-order chi connectivity index (χ1) is 16.5. The van der Waals surface area contributed by atoms with Crippen molar-refractivity contribution in [1.82, 2.24) is 4.72 Å². The van der Waals surface area contributed by atoms with Crippen LogP contribution in [0.5, 0.6) is 5.75 Å². The summed E-state index contributed by atoms with van der Waals surface area (Å²) in [4.78, 5) is -3.33. The number of halogens is 4. The second-order valence-electron chi connectivity index (χ2n) is 7.40. The summed E-state index contributed by atoms with van der Waals surface area (Å²) in [6.45, 7) is 1.10. The molecular weight excluding hydrogens is 550 g/mol. The first-order valence-electron chi connectivity index (χ1n) is 9.75. The zero-order chi connectivity index (χ0) is 27.1. The molecule has 0 fully saturated rings. The smallest absolute Gasteiger partial charge is 0.507 e. The van der Waals surface area contributed by atoms with Gasteiger partial charge in [0.2, 0.25) is 19.7 Å². The van der Waals surface area contributed by atoms with Crippen molar-refractivity contribution in [2.75, 3.05) is 0 Å². The Hall–Kier alpha value is -3.01. The molecule has 3 rings (SSSR count). The normalized spacial score (nSPS) is 13.9. The Morgan fingerprint density at radius 2 is 1.33 bits per heavy atom. The van der Waals surface area contributed by atoms with E-state index >= 15 is 0 Å². The number of rotatable bonds is 7. The number of sulfone groups is 2. The average Bonchev–Trinajstić information content (AvgIpc) is 2.78. The van der Waals surface area contributed by atoms with Gasteiger partial charge in [0.05, 0.1) is 9.79 Å². The van der Waals surface area contributed by atoms with E-state index in [-0.39, 0.29) is 5.56 Å². The van der Waals surface area contributed by atoms with Crippen molar-refractivity contribution in [3.63, 3.8) is 0 Å². The lowest BCUT2D eigenvalue weighted by atomic mass is 10.1. The molecule has 0 aliphatic carbocycles. The van der Waals surface area contributed by atoms with Gasteiger partial charge in [0.1, 0.15) is 21.4 Å². The van der Waals surface area contributed by atoms with Crippen LogP contribution in [0.4, 0.5) is 17.6 Å². The van der Waals surface area contributed by atoms with E-state index in [0.717, 1.165) is 61.5 Å². The van der Waals surface area contributed by atoms with Gasteiger partial charge in [-0.15, -0.1) is 0 Å². The number of alkyl halides is 3. The van der Waals surface area contributed by atoms with Gasteiger partial charge in [-0.1, -0.05) is 30.3 Å². The number of sulfonamides is 1. The van der Waals surface area contributed by atoms with Crippen molar-refractivity contribution in [2.24, 2.45) is 0 Å². The van der Waals surface area contributed by atoms with Crippen LogP contribution in [0, 0.1) is 5.82 Å². The second kappa shape index (κ2) is 9.46. The van der Waals surface area contributed by atoms with Crippen LogP contribution in [-0.2, 0) is 29.7 Å². The number of phenolic OH excluding ortho intramolecular Hbond substituents is 1. The Bertz CT molecular complexity index is 1620. The molecule has 3 aromatic carbocycles. The van der Waals surface area contributed by atoms with Gasteiger partial charge >= 0.3 is 15.5 Å². The maximum atomic E-state index is 14.2. The zero-order valence-corrected chi connectivity index (χ0v) is 20.5. The van der Waals surface area contributed by atoms with Gasteiger partial charge in [-0.2, -0.15) is 13.2 Å². The average molecular weight is 568 g/mol. The summed E-state index contributed by atoms with van der Waals surface area (Å²) in [6.07, 6.45) is 0. The van der Waals surface area contributed by atoms with Crippen molar-refractivity contribution in [3.8, 4) is 5.75 Å². The minimum Gasteiger partial charge on any atom is -0.507 e. The molecule has 0 saturated heterocycles. The molecular formula is C21H17F4NO7S3. The van der Waals surface area contributed by atoms with Crippen molar-refractivity contribution in [1.29, 1.82) is 0 Å². The molecule has 0 heterocycles. The fourth-order valence-electron chi connectivity index (χ4n) is 3.19. The van der Waals surface area contributed by atoms with Crippen LogP contribution in [-0.4, -0.2) is 35.9 Å². The molecule has 36 heavy (non-hydrogen) atoms. The van der Waals surface area contributed by atoms with Crippen LogP contribution in [0.3, 0.4) is 0 Å². The van der Waals surface area contributed by atoms with E-state index in [9.17, 15) is 47.9 Å². The van der Waals surface area contributed by atoms with Crippen LogP contribution >= 0.6 is 0 Å². The Balaban J connectivity index is 2.06. The van der Waals surface area contributed by atoms with E-state index < -0.39 is 72.4 Å². The number of phenols is 1. The Labute approximate surface area is 204 Å². The summed E-state index contributed by atoms with van der Waals surface area (Å²) >= 11 is 0. The molecule has 0 bridgehead atoms. The third-order valence-corrected chi connectivity index (χ3v) is 10.1. The van der Waals surface area contributed by atoms with E-state index in [1.165, 1.54) is 16.9 Å². The lowest BCUT2D eigenvalue weighted by Crippen LogP contribution is -2.37. The summed E-state index contributed by atoms with van der Waals surface area (Å²) in [7, 11) is -15.2. The summed E-state index contributed by atoms with van der Waals surface area (Å²) in [5.41, 5.74) is -5.59. The third-order valence-electron chi connectivity index (χ3n) is 4.97. The quantitative estimate of drug-likeness (QED) is 0.416. The largest absolute Gasteiger partial charge is 0.511 e. The summed E-state index contributed by atoms with van der Waals surface area (Å²) in [5.74, 6) is -2.13. The third kappa shape index (κ3) is 5.09. The van der Waals surface area contributed by atoms with Gasteiger partial charge in [0.25, 0.3) is 0 Å². The van der Waals surface area contributed by atoms with Gasteiger partial charge < -0.3 is 5.11 Å². The van der Waals surface area contributed by atoms with E-state index in [0.29, 0.717) is 0 Å². The van der Waals surface area contributed by atoms with Crippen LogP contribution in [0.2, 0.25) is 0 Å².